The zero-order valence-corrected chi connectivity index (χ0v) is 16.8. The third-order valence-electron chi connectivity index (χ3n) is 6.28. The molecule has 148 valence electrons. The monoisotopic (exact) mass is 386 g/mol. The maximum atomic E-state index is 13.0. The van der Waals surface area contributed by atoms with E-state index in [4.69, 9.17) is 4.74 Å². The number of likely N-dealkylation sites (tertiary alicyclic amines) is 1. The van der Waals surface area contributed by atoms with Gasteiger partial charge in [-0.2, -0.15) is 0 Å². The first-order chi connectivity index (χ1) is 14.2. The predicted molar refractivity (Wildman–Crippen MR) is 115 cm³/mol. The molecular formula is C25H26N2O2. The summed E-state index contributed by atoms with van der Waals surface area (Å²) in [7, 11) is 1.68. The lowest BCUT2D eigenvalue weighted by atomic mass is 9.93. The van der Waals surface area contributed by atoms with Crippen molar-refractivity contribution >= 4 is 16.7 Å². The van der Waals surface area contributed by atoms with E-state index in [0.29, 0.717) is 12.5 Å². The van der Waals surface area contributed by atoms with Gasteiger partial charge in [0.25, 0.3) is 0 Å². The van der Waals surface area contributed by atoms with Crippen molar-refractivity contribution in [2.75, 3.05) is 20.2 Å². The van der Waals surface area contributed by atoms with E-state index >= 15 is 0 Å². The zero-order chi connectivity index (χ0) is 19.8. The van der Waals surface area contributed by atoms with Crippen molar-refractivity contribution in [2.24, 2.45) is 5.92 Å². The van der Waals surface area contributed by atoms with Crippen molar-refractivity contribution in [2.45, 2.75) is 25.9 Å². The molecule has 0 bridgehead atoms. The van der Waals surface area contributed by atoms with E-state index in [1.807, 2.05) is 24.3 Å². The number of carbonyl (C=O) groups excluding carboxylic acids is 1. The Morgan fingerprint density at radius 3 is 2.62 bits per heavy atom. The van der Waals surface area contributed by atoms with Gasteiger partial charge in [-0.25, -0.2) is 0 Å². The first kappa shape index (κ1) is 18.2. The fourth-order valence-corrected chi connectivity index (χ4v) is 4.66. The number of ketones is 1. The van der Waals surface area contributed by atoms with Gasteiger partial charge in [0.2, 0.25) is 5.78 Å². The van der Waals surface area contributed by atoms with E-state index in [1.54, 1.807) is 7.11 Å². The molecule has 1 aromatic heterocycles. The number of ether oxygens (including phenoxy) is 1. The molecule has 4 heteroatoms. The molecule has 2 aromatic carbocycles. The largest absolute Gasteiger partial charge is 0.497 e. The molecule has 1 saturated heterocycles. The highest BCUT2D eigenvalue weighted by Gasteiger charge is 2.28. The number of allylic oxidation sites excluding steroid dienone is 2. The second-order valence-corrected chi connectivity index (χ2v) is 8.16. The van der Waals surface area contributed by atoms with Crippen molar-refractivity contribution in [1.82, 2.24) is 9.47 Å². The predicted octanol–water partition coefficient (Wildman–Crippen LogP) is 4.68. The molecule has 2 aliphatic rings. The molecule has 0 N–H and O–H groups in total. The van der Waals surface area contributed by atoms with Gasteiger partial charge < -0.3 is 9.30 Å². The summed E-state index contributed by atoms with van der Waals surface area (Å²) in [5.74, 6) is 1.51. The lowest BCUT2D eigenvalue weighted by molar-refractivity contribution is 0.103. The van der Waals surface area contributed by atoms with Crippen LogP contribution >= 0.6 is 0 Å². The Kier molecular flexibility index (Phi) is 4.72. The number of hydrogen-bond acceptors (Lipinski definition) is 3. The Bertz CT molecular complexity index is 1070. The average molecular weight is 386 g/mol. The smallest absolute Gasteiger partial charge is 0.206 e. The molecule has 0 spiro atoms. The van der Waals surface area contributed by atoms with Gasteiger partial charge in [-0.15, -0.1) is 0 Å². The minimum absolute atomic E-state index is 0.187. The highest BCUT2D eigenvalue weighted by Crippen LogP contribution is 2.32. The number of hydrogen-bond donors (Lipinski definition) is 0. The van der Waals surface area contributed by atoms with E-state index in [1.165, 1.54) is 5.56 Å². The molecule has 0 unspecified atom stereocenters. The van der Waals surface area contributed by atoms with E-state index < -0.39 is 0 Å². The van der Waals surface area contributed by atoms with Crippen LogP contribution in [0.2, 0.25) is 0 Å². The minimum Gasteiger partial charge on any atom is -0.497 e. The molecule has 3 heterocycles. The van der Waals surface area contributed by atoms with Gasteiger partial charge in [0.05, 0.1) is 24.9 Å². The standard InChI is InChI=1S/C25H26N2O2/c1-29-22-8-7-20-14-24-25(28)21(17-27(24)23(20)15-22)13-18-9-11-26(12-10-18)16-19-5-3-2-4-6-19/h2-8,13-15,18H,9-12,16-17H2,1H3/b21-13-. The van der Waals surface area contributed by atoms with Crippen molar-refractivity contribution in [3.05, 3.63) is 77.5 Å². The van der Waals surface area contributed by atoms with Crippen molar-refractivity contribution < 1.29 is 9.53 Å². The third-order valence-corrected chi connectivity index (χ3v) is 6.28. The highest BCUT2D eigenvalue weighted by molar-refractivity contribution is 6.12. The summed E-state index contributed by atoms with van der Waals surface area (Å²) >= 11 is 0. The summed E-state index contributed by atoms with van der Waals surface area (Å²) < 4.78 is 7.50. The molecule has 0 atom stereocenters. The van der Waals surface area contributed by atoms with Crippen LogP contribution < -0.4 is 4.74 Å². The van der Waals surface area contributed by atoms with Crippen LogP contribution in [0.1, 0.15) is 28.9 Å². The normalized spacial score (nSPS) is 19.2. The maximum Gasteiger partial charge on any atom is 0.206 e. The molecule has 5 rings (SSSR count). The van der Waals surface area contributed by atoms with E-state index in [-0.39, 0.29) is 5.78 Å². The Balaban J connectivity index is 1.27. The number of rotatable bonds is 4. The Labute approximate surface area is 171 Å². The number of methoxy groups -OCH3 is 1. The van der Waals surface area contributed by atoms with Crippen molar-refractivity contribution in [3.63, 3.8) is 0 Å². The van der Waals surface area contributed by atoms with E-state index in [0.717, 1.165) is 60.4 Å². The van der Waals surface area contributed by atoms with Crippen molar-refractivity contribution in [1.29, 1.82) is 0 Å². The second kappa shape index (κ2) is 7.53. The van der Waals surface area contributed by atoms with Crippen LogP contribution in [0, 0.1) is 5.92 Å². The lowest BCUT2D eigenvalue weighted by Crippen LogP contribution is -2.32. The summed E-state index contributed by atoms with van der Waals surface area (Å²) in [6, 6.07) is 18.7. The van der Waals surface area contributed by atoms with E-state index in [2.05, 4.69) is 45.9 Å². The summed E-state index contributed by atoms with van der Waals surface area (Å²) in [5.41, 5.74) is 4.21. The fourth-order valence-electron chi connectivity index (χ4n) is 4.66. The first-order valence-electron chi connectivity index (χ1n) is 10.4. The number of fused-ring (bicyclic) bond motifs is 3. The summed E-state index contributed by atoms with van der Waals surface area (Å²) in [4.78, 5) is 15.5. The van der Waals surface area contributed by atoms with Gasteiger partial charge in [-0.1, -0.05) is 36.4 Å². The van der Waals surface area contributed by atoms with Gasteiger partial charge >= 0.3 is 0 Å². The summed E-state index contributed by atoms with van der Waals surface area (Å²) in [5, 5.41) is 1.10. The highest BCUT2D eigenvalue weighted by atomic mass is 16.5. The van der Waals surface area contributed by atoms with Crippen LogP contribution in [-0.2, 0) is 13.1 Å². The molecule has 29 heavy (non-hydrogen) atoms. The molecule has 3 aromatic rings. The molecule has 0 amide bonds. The Morgan fingerprint density at radius 1 is 1.07 bits per heavy atom. The zero-order valence-electron chi connectivity index (χ0n) is 16.8. The van der Waals surface area contributed by atoms with Crippen LogP contribution in [0.25, 0.3) is 10.9 Å². The Hall–Kier alpha value is -2.85. The SMILES string of the molecule is COc1ccc2cc3n(c2c1)C/C(=C/C1CCN(Cc2ccccc2)CC1)C3=O. The van der Waals surface area contributed by atoms with Crippen LogP contribution in [0.4, 0.5) is 0 Å². The number of carbonyl (C=O) groups is 1. The molecule has 0 radical (unpaired) electrons. The topological polar surface area (TPSA) is 34.5 Å². The van der Waals surface area contributed by atoms with Gasteiger partial charge in [0, 0.05) is 23.6 Å². The van der Waals surface area contributed by atoms with Gasteiger partial charge in [-0.3, -0.25) is 9.69 Å². The average Bonchev–Trinajstić information content (AvgIpc) is 3.26. The van der Waals surface area contributed by atoms with E-state index in [9.17, 15) is 4.79 Å². The molecule has 0 saturated carbocycles. The lowest BCUT2D eigenvalue weighted by Gasteiger charge is -2.30. The van der Waals surface area contributed by atoms with Gasteiger partial charge in [0.1, 0.15) is 5.75 Å². The molecule has 1 fully saturated rings. The molecule has 2 aliphatic heterocycles. The van der Waals surface area contributed by atoms with Crippen LogP contribution in [0.3, 0.4) is 0 Å². The maximum absolute atomic E-state index is 13.0. The summed E-state index contributed by atoms with van der Waals surface area (Å²) in [6.07, 6.45) is 4.49. The number of nitrogens with zero attached hydrogens (tertiary/aromatic N) is 2. The summed E-state index contributed by atoms with van der Waals surface area (Å²) in [6.45, 7) is 3.87. The van der Waals surface area contributed by atoms with Crippen LogP contribution in [0.15, 0.2) is 66.2 Å². The van der Waals surface area contributed by atoms with Crippen molar-refractivity contribution in [3.8, 4) is 5.75 Å². The Morgan fingerprint density at radius 2 is 1.86 bits per heavy atom. The minimum atomic E-state index is 0.187. The molecular weight excluding hydrogens is 360 g/mol. The van der Waals surface area contributed by atoms with Gasteiger partial charge in [0.15, 0.2) is 0 Å². The molecule has 4 nitrogen and oxygen atoms in total. The third kappa shape index (κ3) is 3.49. The van der Waals surface area contributed by atoms with Crippen LogP contribution in [0.5, 0.6) is 5.75 Å². The number of Topliss-reactive ketones (excluding diaryl/α,β-unsaturated/α-hetero) is 1. The fraction of sp³-hybridized carbons (Fsp3) is 0.320. The molecule has 0 aliphatic carbocycles. The van der Waals surface area contributed by atoms with Gasteiger partial charge in [-0.05, 0) is 55.6 Å². The van der Waals surface area contributed by atoms with Crippen LogP contribution in [-0.4, -0.2) is 35.4 Å². The second-order valence-electron chi connectivity index (χ2n) is 8.16. The first-order valence-corrected chi connectivity index (χ1v) is 10.4. The number of piperidine rings is 1. The number of aromatic nitrogens is 1. The quantitative estimate of drug-likeness (QED) is 0.611. The number of benzene rings is 2.